The van der Waals surface area contributed by atoms with Crippen LogP contribution in [-0.2, 0) is 0 Å². The molecule has 3 rings (SSSR count). The Morgan fingerprint density at radius 1 is 1.50 bits per heavy atom. The Morgan fingerprint density at radius 2 is 2.30 bits per heavy atom. The fourth-order valence-corrected chi connectivity index (χ4v) is 3.00. The minimum atomic E-state index is -0.147. The fourth-order valence-electron chi connectivity index (χ4n) is 2.33. The van der Waals surface area contributed by atoms with E-state index in [2.05, 4.69) is 22.4 Å². The summed E-state index contributed by atoms with van der Waals surface area (Å²) in [6, 6.07) is 5.83. The minimum Gasteiger partial charge on any atom is -0.355 e. The molecule has 1 aliphatic heterocycles. The van der Waals surface area contributed by atoms with Crippen molar-refractivity contribution in [3.8, 4) is 10.6 Å². The molecule has 0 spiro atoms. The molecule has 0 aliphatic carbocycles. The highest BCUT2D eigenvalue weighted by atomic mass is 32.1. The van der Waals surface area contributed by atoms with Gasteiger partial charge in [-0.3, -0.25) is 4.79 Å². The molecule has 2 aromatic heterocycles. The molecule has 0 atom stereocenters. The number of likely N-dealkylation sites (tertiary alicyclic amines) is 1. The van der Waals surface area contributed by atoms with Gasteiger partial charge in [0.05, 0.1) is 4.88 Å². The Hall–Kier alpha value is -1.66. The molecule has 2 aromatic rings. The summed E-state index contributed by atoms with van der Waals surface area (Å²) in [7, 11) is 2.10. The predicted octanol–water partition coefficient (Wildman–Crippen LogP) is 2.23. The lowest BCUT2D eigenvalue weighted by Crippen LogP contribution is -2.43. The van der Waals surface area contributed by atoms with Gasteiger partial charge in [-0.1, -0.05) is 11.2 Å². The molecule has 106 valence electrons. The number of thiophene rings is 1. The Labute approximate surface area is 121 Å². The molecule has 0 radical (unpaired) electrons. The standard InChI is InChI=1S/C14H17N3O2S/c1-17-6-4-10(5-7-17)15-14(18)11-9-12(19-16-11)13-3-2-8-20-13/h2-3,8-10H,4-7H2,1H3,(H,15,18). The summed E-state index contributed by atoms with van der Waals surface area (Å²) in [6.45, 7) is 2.04. The van der Waals surface area contributed by atoms with Gasteiger partial charge in [0.15, 0.2) is 11.5 Å². The third-order valence-corrected chi connectivity index (χ3v) is 4.45. The van der Waals surface area contributed by atoms with E-state index in [0.29, 0.717) is 11.5 Å². The molecule has 0 aromatic carbocycles. The number of hydrogen-bond donors (Lipinski definition) is 1. The van der Waals surface area contributed by atoms with Crippen LogP contribution in [0, 0.1) is 0 Å². The molecule has 0 bridgehead atoms. The highest BCUT2D eigenvalue weighted by Crippen LogP contribution is 2.25. The van der Waals surface area contributed by atoms with E-state index in [1.54, 1.807) is 17.4 Å². The van der Waals surface area contributed by atoms with E-state index in [9.17, 15) is 4.79 Å². The third kappa shape index (κ3) is 2.91. The first-order chi connectivity index (χ1) is 9.72. The molecule has 1 fully saturated rings. The number of nitrogens with one attached hydrogen (secondary N) is 1. The highest BCUT2D eigenvalue weighted by Gasteiger charge is 2.21. The molecule has 6 heteroatoms. The molecule has 0 saturated carbocycles. The second kappa shape index (κ2) is 5.76. The average molecular weight is 291 g/mol. The van der Waals surface area contributed by atoms with Crippen molar-refractivity contribution in [2.45, 2.75) is 18.9 Å². The van der Waals surface area contributed by atoms with Crippen LogP contribution < -0.4 is 5.32 Å². The summed E-state index contributed by atoms with van der Waals surface area (Å²) in [6.07, 6.45) is 1.97. The quantitative estimate of drug-likeness (QED) is 0.942. The summed E-state index contributed by atoms with van der Waals surface area (Å²) >= 11 is 1.57. The first kappa shape index (κ1) is 13.3. The summed E-state index contributed by atoms with van der Waals surface area (Å²) in [5, 5.41) is 8.86. The largest absolute Gasteiger partial charge is 0.355 e. The maximum absolute atomic E-state index is 12.1. The SMILES string of the molecule is CN1CCC(NC(=O)c2cc(-c3cccs3)on2)CC1. The monoisotopic (exact) mass is 291 g/mol. The lowest BCUT2D eigenvalue weighted by Gasteiger charge is -2.29. The minimum absolute atomic E-state index is 0.147. The Kier molecular flexibility index (Phi) is 3.84. The van der Waals surface area contributed by atoms with Crippen molar-refractivity contribution in [2.24, 2.45) is 0 Å². The molecule has 20 heavy (non-hydrogen) atoms. The van der Waals surface area contributed by atoms with E-state index in [1.165, 1.54) is 0 Å². The summed E-state index contributed by atoms with van der Waals surface area (Å²) < 4.78 is 5.23. The number of nitrogens with zero attached hydrogens (tertiary/aromatic N) is 2. The van der Waals surface area contributed by atoms with Gasteiger partial charge in [0.1, 0.15) is 0 Å². The van der Waals surface area contributed by atoms with Crippen LogP contribution in [0.2, 0.25) is 0 Å². The topological polar surface area (TPSA) is 58.4 Å². The Balaban J connectivity index is 1.63. The second-order valence-electron chi connectivity index (χ2n) is 5.10. The first-order valence-electron chi connectivity index (χ1n) is 6.72. The van der Waals surface area contributed by atoms with Gasteiger partial charge >= 0.3 is 0 Å². The lowest BCUT2D eigenvalue weighted by molar-refractivity contribution is 0.0908. The van der Waals surface area contributed by atoms with Crippen molar-refractivity contribution in [1.29, 1.82) is 0 Å². The van der Waals surface area contributed by atoms with Crippen molar-refractivity contribution in [1.82, 2.24) is 15.4 Å². The van der Waals surface area contributed by atoms with Crippen molar-refractivity contribution >= 4 is 17.2 Å². The molecule has 1 saturated heterocycles. The number of aromatic nitrogens is 1. The van der Waals surface area contributed by atoms with Gasteiger partial charge in [-0.2, -0.15) is 0 Å². The molecule has 5 nitrogen and oxygen atoms in total. The molecular formula is C14H17N3O2S. The van der Waals surface area contributed by atoms with Crippen LogP contribution in [-0.4, -0.2) is 42.1 Å². The van der Waals surface area contributed by atoms with Gasteiger partial charge in [0, 0.05) is 12.1 Å². The summed E-state index contributed by atoms with van der Waals surface area (Å²) in [4.78, 5) is 15.4. The molecular weight excluding hydrogens is 274 g/mol. The number of hydrogen-bond acceptors (Lipinski definition) is 5. The van der Waals surface area contributed by atoms with Crippen LogP contribution in [0.15, 0.2) is 28.1 Å². The summed E-state index contributed by atoms with van der Waals surface area (Å²) in [5.74, 6) is 0.500. The number of amides is 1. The number of piperidine rings is 1. The maximum Gasteiger partial charge on any atom is 0.273 e. The lowest BCUT2D eigenvalue weighted by atomic mass is 10.1. The van der Waals surface area contributed by atoms with Crippen LogP contribution in [0.5, 0.6) is 0 Å². The van der Waals surface area contributed by atoms with Crippen LogP contribution in [0.3, 0.4) is 0 Å². The van der Waals surface area contributed by atoms with Gasteiger partial charge < -0.3 is 14.7 Å². The average Bonchev–Trinajstić information content (AvgIpc) is 3.11. The zero-order chi connectivity index (χ0) is 13.9. The van der Waals surface area contributed by atoms with Gasteiger partial charge in [0.25, 0.3) is 5.91 Å². The summed E-state index contributed by atoms with van der Waals surface area (Å²) in [5.41, 5.74) is 0.354. The number of rotatable bonds is 3. The molecule has 1 N–H and O–H groups in total. The number of carbonyl (C=O) groups is 1. The smallest absolute Gasteiger partial charge is 0.273 e. The van der Waals surface area contributed by atoms with E-state index < -0.39 is 0 Å². The highest BCUT2D eigenvalue weighted by molar-refractivity contribution is 7.13. The zero-order valence-electron chi connectivity index (χ0n) is 11.3. The van der Waals surface area contributed by atoms with Crippen LogP contribution >= 0.6 is 11.3 Å². The van der Waals surface area contributed by atoms with Crippen LogP contribution in [0.25, 0.3) is 10.6 Å². The maximum atomic E-state index is 12.1. The Bertz CT molecular complexity index is 571. The van der Waals surface area contributed by atoms with Gasteiger partial charge in [-0.05, 0) is 44.4 Å². The van der Waals surface area contributed by atoms with Crippen molar-refractivity contribution < 1.29 is 9.32 Å². The van der Waals surface area contributed by atoms with Gasteiger partial charge in [-0.15, -0.1) is 11.3 Å². The third-order valence-electron chi connectivity index (χ3n) is 3.56. The normalized spacial score (nSPS) is 17.2. The van der Waals surface area contributed by atoms with Crippen LogP contribution in [0.4, 0.5) is 0 Å². The van der Waals surface area contributed by atoms with Crippen molar-refractivity contribution in [2.75, 3.05) is 20.1 Å². The first-order valence-corrected chi connectivity index (χ1v) is 7.60. The Morgan fingerprint density at radius 3 is 3.00 bits per heavy atom. The molecule has 0 unspecified atom stereocenters. The van der Waals surface area contributed by atoms with Gasteiger partial charge in [0.2, 0.25) is 0 Å². The van der Waals surface area contributed by atoms with Gasteiger partial charge in [-0.25, -0.2) is 0 Å². The zero-order valence-corrected chi connectivity index (χ0v) is 12.2. The van der Waals surface area contributed by atoms with E-state index in [1.807, 2.05) is 17.5 Å². The van der Waals surface area contributed by atoms with E-state index in [0.717, 1.165) is 30.8 Å². The fraction of sp³-hybridized carbons (Fsp3) is 0.429. The number of carbonyl (C=O) groups excluding carboxylic acids is 1. The molecule has 1 aliphatic rings. The van der Waals surface area contributed by atoms with Crippen molar-refractivity contribution in [3.63, 3.8) is 0 Å². The second-order valence-corrected chi connectivity index (χ2v) is 6.05. The van der Waals surface area contributed by atoms with Crippen LogP contribution in [0.1, 0.15) is 23.3 Å². The predicted molar refractivity (Wildman–Crippen MR) is 77.8 cm³/mol. The van der Waals surface area contributed by atoms with E-state index in [4.69, 9.17) is 4.52 Å². The van der Waals surface area contributed by atoms with E-state index in [-0.39, 0.29) is 11.9 Å². The molecule has 1 amide bonds. The molecule has 3 heterocycles. The van der Waals surface area contributed by atoms with Crippen molar-refractivity contribution in [3.05, 3.63) is 29.3 Å². The van der Waals surface area contributed by atoms with E-state index >= 15 is 0 Å².